The van der Waals surface area contributed by atoms with Crippen molar-refractivity contribution in [3.8, 4) is 0 Å². The molecule has 2 amide bonds. The van der Waals surface area contributed by atoms with Gasteiger partial charge in [-0.3, -0.25) is 19.7 Å². The molecule has 3 rings (SSSR count). The summed E-state index contributed by atoms with van der Waals surface area (Å²) < 4.78 is 26.9. The molecule has 0 aromatic heterocycles. The van der Waals surface area contributed by atoms with Crippen LogP contribution >= 0.6 is 0 Å². The summed E-state index contributed by atoms with van der Waals surface area (Å²) in [5.74, 6) is -0.556. The second-order valence-electron chi connectivity index (χ2n) is 7.98. The van der Waals surface area contributed by atoms with Crippen molar-refractivity contribution in [3.63, 3.8) is 0 Å². The smallest absolute Gasteiger partial charge is 0.269 e. The van der Waals surface area contributed by atoms with E-state index in [-0.39, 0.29) is 59.9 Å². The van der Waals surface area contributed by atoms with Gasteiger partial charge < -0.3 is 10.2 Å². The number of non-ortho nitro benzene ring substituents is 1. The van der Waals surface area contributed by atoms with Gasteiger partial charge in [0, 0.05) is 50.3 Å². The summed E-state index contributed by atoms with van der Waals surface area (Å²) in [5, 5.41) is 13.7. The fraction of sp³-hybridized carbons (Fsp3) is 0.579. The Hall–Kier alpha value is -2.53. The van der Waals surface area contributed by atoms with E-state index in [1.807, 2.05) is 13.8 Å². The molecular formula is C19H26N4O6S. The highest BCUT2D eigenvalue weighted by atomic mass is 32.2. The molecule has 2 aliphatic heterocycles. The molecule has 2 heterocycles. The van der Waals surface area contributed by atoms with E-state index < -0.39 is 14.9 Å². The number of rotatable bonds is 6. The van der Waals surface area contributed by atoms with E-state index in [0.29, 0.717) is 19.4 Å². The number of sulfonamides is 1. The highest BCUT2D eigenvalue weighted by Crippen LogP contribution is 2.24. The maximum absolute atomic E-state index is 12.8. The van der Waals surface area contributed by atoms with Crippen LogP contribution in [0, 0.1) is 16.0 Å². The van der Waals surface area contributed by atoms with Gasteiger partial charge in [-0.05, 0) is 38.8 Å². The first-order valence-electron chi connectivity index (χ1n) is 9.94. The Morgan fingerprint density at radius 3 is 2.30 bits per heavy atom. The minimum Gasteiger partial charge on any atom is -0.353 e. The molecule has 1 atom stereocenters. The normalized spacial score (nSPS) is 21.2. The number of piperidine rings is 1. The largest absolute Gasteiger partial charge is 0.353 e. The van der Waals surface area contributed by atoms with Crippen molar-refractivity contribution in [2.75, 3.05) is 19.6 Å². The average molecular weight is 439 g/mol. The predicted molar refractivity (Wildman–Crippen MR) is 108 cm³/mol. The minimum absolute atomic E-state index is 0.00818. The Morgan fingerprint density at radius 1 is 1.20 bits per heavy atom. The highest BCUT2D eigenvalue weighted by Gasteiger charge is 2.37. The summed E-state index contributed by atoms with van der Waals surface area (Å²) in [4.78, 5) is 36.4. The summed E-state index contributed by atoms with van der Waals surface area (Å²) in [6, 6.07) is 4.72. The molecule has 11 heteroatoms. The van der Waals surface area contributed by atoms with Crippen LogP contribution in [0.1, 0.15) is 33.1 Å². The van der Waals surface area contributed by atoms with Crippen molar-refractivity contribution in [2.24, 2.45) is 5.92 Å². The van der Waals surface area contributed by atoms with Crippen LogP contribution in [0.3, 0.4) is 0 Å². The highest BCUT2D eigenvalue weighted by molar-refractivity contribution is 7.89. The van der Waals surface area contributed by atoms with Crippen molar-refractivity contribution in [2.45, 2.75) is 50.1 Å². The van der Waals surface area contributed by atoms with E-state index in [0.717, 1.165) is 0 Å². The van der Waals surface area contributed by atoms with Gasteiger partial charge in [-0.1, -0.05) is 0 Å². The second-order valence-corrected chi connectivity index (χ2v) is 9.92. The Kier molecular flexibility index (Phi) is 6.41. The van der Waals surface area contributed by atoms with Crippen molar-refractivity contribution in [1.82, 2.24) is 14.5 Å². The fourth-order valence-corrected chi connectivity index (χ4v) is 5.32. The van der Waals surface area contributed by atoms with Gasteiger partial charge in [0.25, 0.3) is 5.69 Å². The van der Waals surface area contributed by atoms with Crippen LogP contribution in [0.15, 0.2) is 29.2 Å². The standard InChI is InChI=1S/C19H26N4O6S/c1-13(2)22-12-14(11-18(22)24)19(25)20-15-7-9-21(10-8-15)30(28,29)17-5-3-16(4-6-17)23(26)27/h3-6,13-15H,7-12H2,1-2H3,(H,20,25). The maximum Gasteiger partial charge on any atom is 0.269 e. The number of carbonyl (C=O) groups is 2. The number of hydrogen-bond acceptors (Lipinski definition) is 6. The Labute approximate surface area is 175 Å². The molecule has 2 fully saturated rings. The lowest BCUT2D eigenvalue weighted by Crippen LogP contribution is -2.48. The fourth-order valence-electron chi connectivity index (χ4n) is 3.85. The van der Waals surface area contributed by atoms with Crippen LogP contribution in [0.25, 0.3) is 0 Å². The third-order valence-electron chi connectivity index (χ3n) is 5.64. The van der Waals surface area contributed by atoms with Gasteiger partial charge >= 0.3 is 0 Å². The Morgan fingerprint density at radius 2 is 1.80 bits per heavy atom. The van der Waals surface area contributed by atoms with E-state index in [4.69, 9.17) is 0 Å². The van der Waals surface area contributed by atoms with Crippen LogP contribution < -0.4 is 5.32 Å². The molecule has 1 aromatic rings. The molecule has 10 nitrogen and oxygen atoms in total. The molecule has 1 N–H and O–H groups in total. The molecule has 0 saturated carbocycles. The molecule has 0 bridgehead atoms. The first kappa shape index (κ1) is 22.2. The zero-order valence-electron chi connectivity index (χ0n) is 17.0. The van der Waals surface area contributed by atoms with Crippen LogP contribution in [0.5, 0.6) is 0 Å². The molecule has 164 valence electrons. The number of nitrogens with one attached hydrogen (secondary N) is 1. The molecule has 1 unspecified atom stereocenters. The molecule has 2 aliphatic rings. The summed E-state index contributed by atoms with van der Waals surface area (Å²) in [6.45, 7) is 4.73. The maximum atomic E-state index is 12.8. The first-order chi connectivity index (χ1) is 14.1. The number of nitro groups is 1. The quantitative estimate of drug-likeness (QED) is 0.523. The number of nitrogens with zero attached hydrogens (tertiary/aromatic N) is 3. The van der Waals surface area contributed by atoms with Gasteiger partial charge in [0.05, 0.1) is 15.7 Å². The topological polar surface area (TPSA) is 130 Å². The van der Waals surface area contributed by atoms with Crippen LogP contribution in [0.4, 0.5) is 5.69 Å². The van der Waals surface area contributed by atoms with Crippen molar-refractivity contribution in [3.05, 3.63) is 34.4 Å². The van der Waals surface area contributed by atoms with Crippen LogP contribution in [0.2, 0.25) is 0 Å². The third-order valence-corrected chi connectivity index (χ3v) is 7.55. The Balaban J connectivity index is 1.55. The van der Waals surface area contributed by atoms with Crippen molar-refractivity contribution >= 4 is 27.5 Å². The predicted octanol–water partition coefficient (Wildman–Crippen LogP) is 1.12. The molecule has 1 aromatic carbocycles. The average Bonchev–Trinajstić information content (AvgIpc) is 3.10. The van der Waals surface area contributed by atoms with E-state index in [1.165, 1.54) is 28.6 Å². The van der Waals surface area contributed by atoms with E-state index in [1.54, 1.807) is 4.90 Å². The Bertz CT molecular complexity index is 923. The monoisotopic (exact) mass is 438 g/mol. The zero-order chi connectivity index (χ0) is 22.1. The van der Waals surface area contributed by atoms with Gasteiger partial charge in [-0.25, -0.2) is 8.42 Å². The van der Waals surface area contributed by atoms with Gasteiger partial charge in [0.1, 0.15) is 0 Å². The summed E-state index contributed by atoms with van der Waals surface area (Å²) >= 11 is 0. The first-order valence-corrected chi connectivity index (χ1v) is 11.4. The molecule has 0 spiro atoms. The van der Waals surface area contributed by atoms with Crippen LogP contribution in [-0.2, 0) is 19.6 Å². The SMILES string of the molecule is CC(C)N1CC(C(=O)NC2CCN(S(=O)(=O)c3ccc([N+](=O)[O-])cc3)CC2)CC1=O. The van der Waals surface area contributed by atoms with Crippen molar-refractivity contribution in [1.29, 1.82) is 0 Å². The van der Waals surface area contributed by atoms with Gasteiger partial charge in [0.2, 0.25) is 21.8 Å². The summed E-state index contributed by atoms with van der Waals surface area (Å²) in [6.07, 6.45) is 1.14. The number of carbonyl (C=O) groups excluding carboxylic acids is 2. The van der Waals surface area contributed by atoms with E-state index >= 15 is 0 Å². The van der Waals surface area contributed by atoms with Gasteiger partial charge in [0.15, 0.2) is 0 Å². The summed E-state index contributed by atoms with van der Waals surface area (Å²) in [7, 11) is -3.75. The minimum atomic E-state index is -3.75. The van der Waals surface area contributed by atoms with Gasteiger partial charge in [-0.2, -0.15) is 4.31 Å². The number of hydrogen-bond donors (Lipinski definition) is 1. The lowest BCUT2D eigenvalue weighted by molar-refractivity contribution is -0.384. The zero-order valence-corrected chi connectivity index (χ0v) is 17.8. The lowest BCUT2D eigenvalue weighted by atomic mass is 10.0. The van der Waals surface area contributed by atoms with Crippen molar-refractivity contribution < 1.29 is 22.9 Å². The molecule has 0 radical (unpaired) electrons. The second kappa shape index (κ2) is 8.68. The van der Waals surface area contributed by atoms with Gasteiger partial charge in [-0.15, -0.1) is 0 Å². The van der Waals surface area contributed by atoms with E-state index in [2.05, 4.69) is 5.32 Å². The summed E-state index contributed by atoms with van der Waals surface area (Å²) in [5.41, 5.74) is -0.170. The van der Waals surface area contributed by atoms with Crippen LogP contribution in [-0.4, -0.2) is 66.1 Å². The molecule has 2 saturated heterocycles. The van der Waals surface area contributed by atoms with E-state index in [9.17, 15) is 28.1 Å². The lowest BCUT2D eigenvalue weighted by Gasteiger charge is -2.32. The number of amides is 2. The number of benzene rings is 1. The number of likely N-dealkylation sites (tertiary alicyclic amines) is 1. The molecular weight excluding hydrogens is 412 g/mol. The molecule has 30 heavy (non-hydrogen) atoms. The third kappa shape index (κ3) is 4.62. The molecule has 0 aliphatic carbocycles. The number of nitro benzene ring substituents is 1.